The highest BCUT2D eigenvalue weighted by Gasteiger charge is 2.31. The molecule has 0 aliphatic carbocycles. The Morgan fingerprint density at radius 2 is 2.09 bits per heavy atom. The molecule has 2 amide bonds. The van der Waals surface area contributed by atoms with Gasteiger partial charge in [0.15, 0.2) is 6.10 Å². The van der Waals surface area contributed by atoms with Crippen molar-refractivity contribution in [2.24, 2.45) is 5.73 Å². The average Bonchev–Trinajstić information content (AvgIpc) is 3.04. The number of ether oxygens (including phenoxy) is 1. The van der Waals surface area contributed by atoms with Gasteiger partial charge in [0.25, 0.3) is 11.8 Å². The first-order valence-electron chi connectivity index (χ1n) is 6.73. The second kappa shape index (κ2) is 6.03. The lowest BCUT2D eigenvalue weighted by atomic mass is 10.1. The summed E-state index contributed by atoms with van der Waals surface area (Å²) in [5, 5.41) is 1.94. The summed E-state index contributed by atoms with van der Waals surface area (Å²) in [6.45, 7) is 0.111. The van der Waals surface area contributed by atoms with Crippen molar-refractivity contribution in [3.05, 3.63) is 52.7 Å². The molecule has 112 valence electrons. The maximum absolute atomic E-state index is 12.5. The molecule has 1 aromatic heterocycles. The highest BCUT2D eigenvalue weighted by atomic mass is 32.1. The van der Waals surface area contributed by atoms with Crippen molar-refractivity contribution < 1.29 is 14.3 Å². The summed E-state index contributed by atoms with van der Waals surface area (Å²) in [5.74, 6) is -0.319. The van der Waals surface area contributed by atoms with E-state index in [0.717, 1.165) is 4.88 Å². The molecule has 2 heterocycles. The van der Waals surface area contributed by atoms with Gasteiger partial charge in [-0.3, -0.25) is 9.59 Å². The molecule has 1 atom stereocenters. The molecule has 0 bridgehead atoms. The number of primary amides is 1. The van der Waals surface area contributed by atoms with Crippen LogP contribution in [0.25, 0.3) is 6.08 Å². The Morgan fingerprint density at radius 1 is 1.27 bits per heavy atom. The third-order valence-electron chi connectivity index (χ3n) is 3.29. The number of nitrogens with two attached hydrogens (primary N) is 1. The van der Waals surface area contributed by atoms with Gasteiger partial charge in [-0.15, -0.1) is 11.3 Å². The number of carbonyl (C=O) groups is 2. The summed E-state index contributed by atoms with van der Waals surface area (Å²) < 4.78 is 5.53. The van der Waals surface area contributed by atoms with Crippen LogP contribution in [-0.4, -0.2) is 24.5 Å². The SMILES string of the molecule is NC(=O)C1CN(C(=O)C=Cc2cccs2)c2ccccc2O1. The zero-order valence-corrected chi connectivity index (χ0v) is 12.5. The number of carbonyl (C=O) groups excluding carboxylic acids is 2. The van der Waals surface area contributed by atoms with Crippen LogP contribution in [0.3, 0.4) is 0 Å². The van der Waals surface area contributed by atoms with Crippen molar-refractivity contribution in [1.29, 1.82) is 0 Å². The number of hydrogen-bond donors (Lipinski definition) is 1. The molecule has 2 N–H and O–H groups in total. The second-order valence-electron chi connectivity index (χ2n) is 4.77. The van der Waals surface area contributed by atoms with E-state index in [2.05, 4.69) is 0 Å². The van der Waals surface area contributed by atoms with E-state index in [1.807, 2.05) is 23.6 Å². The Hall–Kier alpha value is -2.60. The van der Waals surface area contributed by atoms with Gasteiger partial charge in [0, 0.05) is 11.0 Å². The van der Waals surface area contributed by atoms with Gasteiger partial charge in [-0.2, -0.15) is 0 Å². The smallest absolute Gasteiger partial charge is 0.260 e. The lowest BCUT2D eigenvalue weighted by molar-refractivity contribution is -0.125. The van der Waals surface area contributed by atoms with E-state index in [9.17, 15) is 9.59 Å². The molecule has 0 fully saturated rings. The molecule has 1 aliphatic heterocycles. The summed E-state index contributed by atoms with van der Waals surface area (Å²) in [4.78, 5) is 26.4. The monoisotopic (exact) mass is 314 g/mol. The van der Waals surface area contributed by atoms with Crippen molar-refractivity contribution >= 4 is 34.9 Å². The molecule has 0 saturated heterocycles. The molecule has 2 aromatic rings. The summed E-state index contributed by atoms with van der Waals surface area (Å²) in [6.07, 6.45) is 2.41. The van der Waals surface area contributed by atoms with Gasteiger partial charge < -0.3 is 15.4 Å². The summed E-state index contributed by atoms with van der Waals surface area (Å²) in [7, 11) is 0. The number of para-hydroxylation sites is 2. The fourth-order valence-corrected chi connectivity index (χ4v) is 2.84. The third-order valence-corrected chi connectivity index (χ3v) is 4.13. The average molecular weight is 314 g/mol. The van der Waals surface area contributed by atoms with E-state index >= 15 is 0 Å². The Kier molecular flexibility index (Phi) is 3.93. The summed E-state index contributed by atoms with van der Waals surface area (Å²) in [5.41, 5.74) is 5.96. The van der Waals surface area contributed by atoms with Crippen LogP contribution < -0.4 is 15.4 Å². The molecule has 22 heavy (non-hydrogen) atoms. The van der Waals surface area contributed by atoms with E-state index in [1.54, 1.807) is 35.6 Å². The molecule has 3 rings (SSSR count). The predicted molar refractivity (Wildman–Crippen MR) is 85.8 cm³/mol. The van der Waals surface area contributed by atoms with Crippen molar-refractivity contribution in [2.45, 2.75) is 6.10 Å². The number of fused-ring (bicyclic) bond motifs is 1. The third kappa shape index (κ3) is 2.87. The number of nitrogens with zero attached hydrogens (tertiary/aromatic N) is 1. The molecule has 0 radical (unpaired) electrons. The number of rotatable bonds is 3. The largest absolute Gasteiger partial charge is 0.477 e. The van der Waals surface area contributed by atoms with E-state index in [-0.39, 0.29) is 12.5 Å². The second-order valence-corrected chi connectivity index (χ2v) is 5.75. The van der Waals surface area contributed by atoms with Crippen LogP contribution in [0.15, 0.2) is 47.9 Å². The van der Waals surface area contributed by atoms with Crippen LogP contribution in [0, 0.1) is 0 Å². The van der Waals surface area contributed by atoms with E-state index in [4.69, 9.17) is 10.5 Å². The first kappa shape index (κ1) is 14.3. The Balaban J connectivity index is 1.88. The van der Waals surface area contributed by atoms with Crippen molar-refractivity contribution in [2.75, 3.05) is 11.4 Å². The summed E-state index contributed by atoms with van der Waals surface area (Å²) >= 11 is 1.55. The standard InChI is InChI=1S/C16H14N2O3S/c17-16(20)14-10-18(12-5-1-2-6-13(12)21-14)15(19)8-7-11-4-3-9-22-11/h1-9,14H,10H2,(H2,17,20). The van der Waals surface area contributed by atoms with Crippen LogP contribution in [0.1, 0.15) is 4.88 Å². The molecule has 5 nitrogen and oxygen atoms in total. The lowest BCUT2D eigenvalue weighted by Crippen LogP contribution is -2.49. The Morgan fingerprint density at radius 3 is 2.82 bits per heavy atom. The van der Waals surface area contributed by atoms with E-state index < -0.39 is 12.0 Å². The molecular weight excluding hydrogens is 300 g/mol. The maximum Gasteiger partial charge on any atom is 0.260 e. The highest BCUT2D eigenvalue weighted by molar-refractivity contribution is 7.10. The van der Waals surface area contributed by atoms with Gasteiger partial charge in [-0.25, -0.2) is 0 Å². The number of hydrogen-bond acceptors (Lipinski definition) is 4. The fraction of sp³-hybridized carbons (Fsp3) is 0.125. The minimum absolute atomic E-state index is 0.111. The number of anilines is 1. The van der Waals surface area contributed by atoms with Crippen LogP contribution in [0.4, 0.5) is 5.69 Å². The summed E-state index contributed by atoms with van der Waals surface area (Å²) in [6, 6.07) is 10.9. The zero-order chi connectivity index (χ0) is 15.5. The van der Waals surface area contributed by atoms with Gasteiger partial charge in [-0.05, 0) is 29.7 Å². The van der Waals surface area contributed by atoms with E-state index in [0.29, 0.717) is 11.4 Å². The van der Waals surface area contributed by atoms with Crippen LogP contribution in [-0.2, 0) is 9.59 Å². The quantitative estimate of drug-likeness (QED) is 0.881. The number of amides is 2. The first-order chi connectivity index (χ1) is 10.6. The van der Waals surface area contributed by atoms with E-state index in [1.165, 1.54) is 11.0 Å². The predicted octanol–water partition coefficient (Wildman–Crippen LogP) is 2.04. The lowest BCUT2D eigenvalue weighted by Gasteiger charge is -2.32. The van der Waals surface area contributed by atoms with Gasteiger partial charge in [0.05, 0.1) is 12.2 Å². The van der Waals surface area contributed by atoms with Gasteiger partial charge in [-0.1, -0.05) is 18.2 Å². The zero-order valence-electron chi connectivity index (χ0n) is 11.6. The molecule has 1 aromatic carbocycles. The van der Waals surface area contributed by atoms with Crippen molar-refractivity contribution in [3.8, 4) is 5.75 Å². The minimum atomic E-state index is -0.839. The number of thiophene rings is 1. The Bertz CT molecular complexity index is 725. The van der Waals surface area contributed by atoms with Gasteiger partial charge >= 0.3 is 0 Å². The molecule has 6 heteroatoms. The van der Waals surface area contributed by atoms with Crippen molar-refractivity contribution in [1.82, 2.24) is 0 Å². The minimum Gasteiger partial charge on any atom is -0.477 e. The Labute approximate surface area is 131 Å². The van der Waals surface area contributed by atoms with Gasteiger partial charge in [0.1, 0.15) is 5.75 Å². The molecule has 0 spiro atoms. The topological polar surface area (TPSA) is 72.6 Å². The molecule has 1 aliphatic rings. The first-order valence-corrected chi connectivity index (χ1v) is 7.61. The highest BCUT2D eigenvalue weighted by Crippen LogP contribution is 2.33. The molecule has 0 saturated carbocycles. The van der Waals surface area contributed by atoms with Crippen LogP contribution >= 0.6 is 11.3 Å². The van der Waals surface area contributed by atoms with Gasteiger partial charge in [0.2, 0.25) is 0 Å². The van der Waals surface area contributed by atoms with Crippen LogP contribution in [0.5, 0.6) is 5.75 Å². The fourth-order valence-electron chi connectivity index (χ4n) is 2.22. The van der Waals surface area contributed by atoms with Crippen LogP contribution in [0.2, 0.25) is 0 Å². The maximum atomic E-state index is 12.5. The molecular formula is C16H14N2O3S. The number of benzene rings is 1. The molecule has 1 unspecified atom stereocenters. The normalized spacial score (nSPS) is 17.1. The van der Waals surface area contributed by atoms with Crippen molar-refractivity contribution in [3.63, 3.8) is 0 Å².